The molecule has 0 aliphatic carbocycles. The maximum absolute atomic E-state index is 11.5. The number of esters is 1. The molecule has 0 heterocycles. The SMILES string of the molecule is C\C=C/C=C\C=C\C(C)C(ON)C(=O)OCC. The van der Waals surface area contributed by atoms with Crippen LogP contribution in [0.25, 0.3) is 0 Å². The molecule has 2 atom stereocenters. The van der Waals surface area contributed by atoms with Gasteiger partial charge in [-0.2, -0.15) is 0 Å². The van der Waals surface area contributed by atoms with Crippen LogP contribution in [0.3, 0.4) is 0 Å². The topological polar surface area (TPSA) is 61.5 Å². The maximum atomic E-state index is 11.5. The summed E-state index contributed by atoms with van der Waals surface area (Å²) in [5.41, 5.74) is 0. The van der Waals surface area contributed by atoms with Gasteiger partial charge in [0.15, 0.2) is 6.10 Å². The second-order valence-corrected chi connectivity index (χ2v) is 3.46. The molecule has 0 amide bonds. The third-order valence-electron chi connectivity index (χ3n) is 2.08. The van der Waals surface area contributed by atoms with Gasteiger partial charge in [0.25, 0.3) is 0 Å². The van der Waals surface area contributed by atoms with Crippen LogP contribution in [-0.2, 0) is 14.4 Å². The Morgan fingerprint density at radius 3 is 2.47 bits per heavy atom. The van der Waals surface area contributed by atoms with Crippen molar-refractivity contribution in [3.8, 4) is 0 Å². The second-order valence-electron chi connectivity index (χ2n) is 3.46. The van der Waals surface area contributed by atoms with Crippen LogP contribution in [0.2, 0.25) is 0 Å². The summed E-state index contributed by atoms with van der Waals surface area (Å²) in [5, 5.41) is 0. The molecular formula is C13H21NO3. The van der Waals surface area contributed by atoms with Gasteiger partial charge in [0, 0.05) is 5.92 Å². The van der Waals surface area contributed by atoms with E-state index in [1.54, 1.807) is 6.92 Å². The van der Waals surface area contributed by atoms with Crippen LogP contribution in [-0.4, -0.2) is 18.7 Å². The van der Waals surface area contributed by atoms with Gasteiger partial charge in [-0.1, -0.05) is 43.4 Å². The molecule has 4 nitrogen and oxygen atoms in total. The van der Waals surface area contributed by atoms with Crippen molar-refractivity contribution < 1.29 is 14.4 Å². The van der Waals surface area contributed by atoms with E-state index in [4.69, 9.17) is 10.6 Å². The molecule has 0 spiro atoms. The number of hydrogen-bond acceptors (Lipinski definition) is 4. The molecule has 2 unspecified atom stereocenters. The summed E-state index contributed by atoms with van der Waals surface area (Å²) in [5.74, 6) is 4.51. The van der Waals surface area contributed by atoms with E-state index in [1.807, 2.05) is 50.3 Å². The molecule has 0 fully saturated rings. The highest BCUT2D eigenvalue weighted by molar-refractivity contribution is 5.75. The van der Waals surface area contributed by atoms with Crippen molar-refractivity contribution in [3.05, 3.63) is 36.5 Å². The van der Waals surface area contributed by atoms with Crippen LogP contribution in [0.15, 0.2) is 36.5 Å². The van der Waals surface area contributed by atoms with Crippen molar-refractivity contribution in [2.45, 2.75) is 26.9 Å². The lowest BCUT2D eigenvalue weighted by molar-refractivity contribution is -0.159. The van der Waals surface area contributed by atoms with E-state index in [2.05, 4.69) is 4.84 Å². The van der Waals surface area contributed by atoms with E-state index in [0.717, 1.165) is 0 Å². The lowest BCUT2D eigenvalue weighted by Gasteiger charge is -2.16. The average molecular weight is 239 g/mol. The van der Waals surface area contributed by atoms with Gasteiger partial charge in [-0.25, -0.2) is 10.7 Å². The first kappa shape index (κ1) is 15.6. The van der Waals surface area contributed by atoms with Gasteiger partial charge in [-0.05, 0) is 13.8 Å². The smallest absolute Gasteiger partial charge is 0.337 e. The Morgan fingerprint density at radius 2 is 1.94 bits per heavy atom. The summed E-state index contributed by atoms with van der Waals surface area (Å²) in [4.78, 5) is 16.1. The molecule has 2 N–H and O–H groups in total. The molecule has 0 saturated carbocycles. The van der Waals surface area contributed by atoms with Crippen LogP contribution in [0.4, 0.5) is 0 Å². The quantitative estimate of drug-likeness (QED) is 0.420. The molecule has 0 aromatic carbocycles. The number of carbonyl (C=O) groups excluding carboxylic acids is 1. The Morgan fingerprint density at radius 1 is 1.29 bits per heavy atom. The fourth-order valence-corrected chi connectivity index (χ4v) is 1.20. The summed E-state index contributed by atoms with van der Waals surface area (Å²) in [6.45, 7) is 5.84. The second kappa shape index (κ2) is 9.81. The summed E-state index contributed by atoms with van der Waals surface area (Å²) in [6.07, 6.45) is 10.5. The van der Waals surface area contributed by atoms with Gasteiger partial charge in [0.2, 0.25) is 0 Å². The number of hydrogen-bond donors (Lipinski definition) is 1. The van der Waals surface area contributed by atoms with E-state index in [1.165, 1.54) is 0 Å². The largest absolute Gasteiger partial charge is 0.464 e. The highest BCUT2D eigenvalue weighted by Crippen LogP contribution is 2.09. The standard InChI is InChI=1S/C13H21NO3/c1-4-6-7-8-9-10-11(3)12(17-14)13(15)16-5-2/h4,6-12H,5,14H2,1-3H3/b6-4-,8-7-,10-9+. The zero-order valence-corrected chi connectivity index (χ0v) is 10.6. The van der Waals surface area contributed by atoms with Crippen molar-refractivity contribution in [1.82, 2.24) is 0 Å². The van der Waals surface area contributed by atoms with E-state index in [0.29, 0.717) is 6.61 Å². The molecule has 0 rings (SSSR count). The number of carbonyl (C=O) groups is 1. The minimum absolute atomic E-state index is 0.144. The fraction of sp³-hybridized carbons (Fsp3) is 0.462. The average Bonchev–Trinajstić information content (AvgIpc) is 2.30. The molecule has 17 heavy (non-hydrogen) atoms. The fourth-order valence-electron chi connectivity index (χ4n) is 1.20. The molecule has 0 radical (unpaired) electrons. The number of allylic oxidation sites excluding steroid dienone is 5. The van der Waals surface area contributed by atoms with Crippen LogP contribution in [0.1, 0.15) is 20.8 Å². The van der Waals surface area contributed by atoms with Crippen LogP contribution < -0.4 is 5.90 Å². The van der Waals surface area contributed by atoms with Crippen molar-refractivity contribution >= 4 is 5.97 Å². The lowest BCUT2D eigenvalue weighted by atomic mass is 10.0. The first-order chi connectivity index (χ1) is 8.17. The Hall–Kier alpha value is -1.39. The van der Waals surface area contributed by atoms with Crippen molar-refractivity contribution in [2.75, 3.05) is 6.61 Å². The minimum atomic E-state index is -0.763. The Labute approximate surface area is 103 Å². The van der Waals surface area contributed by atoms with Gasteiger partial charge in [-0.15, -0.1) is 0 Å². The lowest BCUT2D eigenvalue weighted by Crippen LogP contribution is -2.34. The highest BCUT2D eigenvalue weighted by Gasteiger charge is 2.24. The first-order valence-electron chi connectivity index (χ1n) is 5.65. The van der Waals surface area contributed by atoms with Gasteiger partial charge < -0.3 is 4.74 Å². The van der Waals surface area contributed by atoms with E-state index in [9.17, 15) is 4.79 Å². The Bertz CT molecular complexity index is 295. The monoisotopic (exact) mass is 239 g/mol. The zero-order chi connectivity index (χ0) is 13.1. The van der Waals surface area contributed by atoms with Crippen LogP contribution in [0.5, 0.6) is 0 Å². The normalized spacial score (nSPS) is 15.8. The summed E-state index contributed by atoms with van der Waals surface area (Å²) in [6, 6.07) is 0. The van der Waals surface area contributed by atoms with E-state index < -0.39 is 12.1 Å². The first-order valence-corrected chi connectivity index (χ1v) is 5.65. The molecular weight excluding hydrogens is 218 g/mol. The predicted octanol–water partition coefficient (Wildman–Crippen LogP) is 2.13. The molecule has 96 valence electrons. The summed E-state index contributed by atoms with van der Waals surface area (Å²) >= 11 is 0. The van der Waals surface area contributed by atoms with E-state index in [-0.39, 0.29) is 5.92 Å². The van der Waals surface area contributed by atoms with Crippen molar-refractivity contribution in [1.29, 1.82) is 0 Å². The van der Waals surface area contributed by atoms with Gasteiger partial charge in [0.1, 0.15) is 0 Å². The molecule has 0 aliphatic rings. The third-order valence-corrected chi connectivity index (χ3v) is 2.08. The summed E-state index contributed by atoms with van der Waals surface area (Å²) in [7, 11) is 0. The van der Waals surface area contributed by atoms with E-state index >= 15 is 0 Å². The Balaban J connectivity index is 4.34. The van der Waals surface area contributed by atoms with Gasteiger partial charge >= 0.3 is 5.97 Å². The van der Waals surface area contributed by atoms with Crippen LogP contribution >= 0.6 is 0 Å². The number of rotatable bonds is 7. The molecule has 0 saturated heterocycles. The molecule has 4 heteroatoms. The molecule has 0 aromatic heterocycles. The van der Waals surface area contributed by atoms with Crippen molar-refractivity contribution in [3.63, 3.8) is 0 Å². The van der Waals surface area contributed by atoms with Crippen molar-refractivity contribution in [2.24, 2.45) is 11.8 Å². The predicted molar refractivity (Wildman–Crippen MR) is 68.0 cm³/mol. The minimum Gasteiger partial charge on any atom is -0.464 e. The molecule has 0 aliphatic heterocycles. The summed E-state index contributed by atoms with van der Waals surface area (Å²) < 4.78 is 4.85. The molecule has 0 aromatic rings. The maximum Gasteiger partial charge on any atom is 0.337 e. The third kappa shape index (κ3) is 6.71. The molecule has 0 bridgehead atoms. The Kier molecular flexibility index (Phi) is 9.01. The van der Waals surface area contributed by atoms with Gasteiger partial charge in [-0.3, -0.25) is 4.84 Å². The van der Waals surface area contributed by atoms with Crippen LogP contribution in [0, 0.1) is 5.92 Å². The number of ether oxygens (including phenoxy) is 1. The zero-order valence-electron chi connectivity index (χ0n) is 10.6. The highest BCUT2D eigenvalue weighted by atomic mass is 16.6. The number of nitrogens with two attached hydrogens (primary N) is 1. The van der Waals surface area contributed by atoms with Gasteiger partial charge in [0.05, 0.1) is 6.61 Å².